The minimum Gasteiger partial charge on any atom is -0.384 e. The number of ether oxygens (including phenoxy) is 1. The van der Waals surface area contributed by atoms with Crippen molar-refractivity contribution >= 4 is 5.69 Å². The van der Waals surface area contributed by atoms with Crippen LogP contribution in [0.1, 0.15) is 24.9 Å². The van der Waals surface area contributed by atoms with Crippen molar-refractivity contribution in [2.45, 2.75) is 19.4 Å². The standard InChI is InChI=1S/C14H21FN2O/c1-10(16)12-3-4-14(13(15)7-12)17-6-5-11(8-17)9-18-2/h3-4,7,10-11H,5-6,8-9,16H2,1-2H3. The summed E-state index contributed by atoms with van der Waals surface area (Å²) in [5.74, 6) is 0.324. The van der Waals surface area contributed by atoms with Gasteiger partial charge >= 0.3 is 0 Å². The number of hydrogen-bond acceptors (Lipinski definition) is 3. The van der Waals surface area contributed by atoms with Crippen molar-refractivity contribution in [1.82, 2.24) is 0 Å². The van der Waals surface area contributed by atoms with Crippen LogP contribution in [0.15, 0.2) is 18.2 Å². The van der Waals surface area contributed by atoms with Crippen molar-refractivity contribution in [3.8, 4) is 0 Å². The monoisotopic (exact) mass is 252 g/mol. The Morgan fingerprint density at radius 2 is 2.33 bits per heavy atom. The molecule has 0 spiro atoms. The minimum atomic E-state index is -0.178. The minimum absolute atomic E-state index is 0.131. The van der Waals surface area contributed by atoms with Crippen molar-refractivity contribution < 1.29 is 9.13 Å². The first kappa shape index (κ1) is 13.3. The van der Waals surface area contributed by atoms with Crippen molar-refractivity contribution in [3.05, 3.63) is 29.6 Å². The molecule has 1 saturated heterocycles. The number of halogens is 1. The van der Waals surface area contributed by atoms with Gasteiger partial charge in [-0.15, -0.1) is 0 Å². The summed E-state index contributed by atoms with van der Waals surface area (Å²) < 4.78 is 19.2. The lowest BCUT2D eigenvalue weighted by Crippen LogP contribution is -2.22. The zero-order valence-corrected chi connectivity index (χ0v) is 11.0. The number of methoxy groups -OCH3 is 1. The maximum absolute atomic E-state index is 14.0. The normalized spacial score (nSPS) is 21.3. The van der Waals surface area contributed by atoms with E-state index in [2.05, 4.69) is 4.90 Å². The Bertz CT molecular complexity index is 409. The fourth-order valence-electron chi connectivity index (χ4n) is 2.49. The SMILES string of the molecule is COCC1CCN(c2ccc(C(C)N)cc2F)C1. The number of hydrogen-bond donors (Lipinski definition) is 1. The van der Waals surface area contributed by atoms with E-state index in [1.54, 1.807) is 13.2 Å². The van der Waals surface area contributed by atoms with E-state index in [4.69, 9.17) is 10.5 Å². The molecule has 0 saturated carbocycles. The number of benzene rings is 1. The molecule has 2 N–H and O–H groups in total. The van der Waals surface area contributed by atoms with E-state index in [0.717, 1.165) is 31.7 Å². The van der Waals surface area contributed by atoms with Crippen LogP contribution in [-0.4, -0.2) is 26.8 Å². The van der Waals surface area contributed by atoms with E-state index in [9.17, 15) is 4.39 Å². The molecule has 4 heteroatoms. The lowest BCUT2D eigenvalue weighted by molar-refractivity contribution is 0.161. The molecule has 18 heavy (non-hydrogen) atoms. The van der Waals surface area contributed by atoms with Gasteiger partial charge in [0.15, 0.2) is 0 Å². The van der Waals surface area contributed by atoms with Gasteiger partial charge in [-0.05, 0) is 31.0 Å². The van der Waals surface area contributed by atoms with Crippen molar-refractivity contribution in [2.24, 2.45) is 11.7 Å². The third-order valence-corrected chi connectivity index (χ3v) is 3.53. The lowest BCUT2D eigenvalue weighted by Gasteiger charge is -2.20. The fourth-order valence-corrected chi connectivity index (χ4v) is 2.49. The Morgan fingerprint density at radius 3 is 2.94 bits per heavy atom. The number of nitrogens with zero attached hydrogens (tertiary/aromatic N) is 1. The van der Waals surface area contributed by atoms with Gasteiger partial charge in [-0.3, -0.25) is 0 Å². The summed E-state index contributed by atoms with van der Waals surface area (Å²) in [5.41, 5.74) is 7.27. The summed E-state index contributed by atoms with van der Waals surface area (Å²) in [6, 6.07) is 5.16. The molecule has 0 bridgehead atoms. The molecule has 1 aliphatic heterocycles. The van der Waals surface area contributed by atoms with Gasteiger partial charge < -0.3 is 15.4 Å². The van der Waals surface area contributed by atoms with Crippen LogP contribution >= 0.6 is 0 Å². The zero-order chi connectivity index (χ0) is 13.1. The van der Waals surface area contributed by atoms with Gasteiger partial charge in [-0.2, -0.15) is 0 Å². The molecule has 1 aromatic carbocycles. The summed E-state index contributed by atoms with van der Waals surface area (Å²) in [7, 11) is 1.71. The van der Waals surface area contributed by atoms with Crippen LogP contribution in [0.25, 0.3) is 0 Å². The predicted molar refractivity (Wildman–Crippen MR) is 71.2 cm³/mol. The first-order chi connectivity index (χ1) is 8.61. The highest BCUT2D eigenvalue weighted by Gasteiger charge is 2.24. The Hall–Kier alpha value is -1.13. The Kier molecular flexibility index (Phi) is 4.19. The molecule has 0 aliphatic carbocycles. The number of nitrogens with two attached hydrogens (primary N) is 1. The molecule has 2 rings (SSSR count). The topological polar surface area (TPSA) is 38.5 Å². The summed E-state index contributed by atoms with van der Waals surface area (Å²) in [6.45, 7) is 4.36. The van der Waals surface area contributed by atoms with Crippen LogP contribution in [0.4, 0.5) is 10.1 Å². The van der Waals surface area contributed by atoms with Crippen LogP contribution < -0.4 is 10.6 Å². The molecule has 1 heterocycles. The molecule has 0 radical (unpaired) electrons. The smallest absolute Gasteiger partial charge is 0.146 e. The molecular weight excluding hydrogens is 231 g/mol. The van der Waals surface area contributed by atoms with E-state index >= 15 is 0 Å². The highest BCUT2D eigenvalue weighted by molar-refractivity contribution is 5.50. The highest BCUT2D eigenvalue weighted by Crippen LogP contribution is 2.28. The molecule has 0 aromatic heterocycles. The number of rotatable bonds is 4. The van der Waals surface area contributed by atoms with E-state index in [-0.39, 0.29) is 11.9 Å². The van der Waals surface area contributed by atoms with Gasteiger partial charge in [0.05, 0.1) is 12.3 Å². The molecule has 1 aliphatic rings. The molecule has 3 nitrogen and oxygen atoms in total. The second kappa shape index (κ2) is 5.67. The van der Waals surface area contributed by atoms with E-state index in [1.165, 1.54) is 0 Å². The van der Waals surface area contributed by atoms with Gasteiger partial charge in [0.25, 0.3) is 0 Å². The molecule has 1 fully saturated rings. The molecule has 2 unspecified atom stereocenters. The average molecular weight is 252 g/mol. The Labute approximate surface area is 108 Å². The average Bonchev–Trinajstić information content (AvgIpc) is 2.77. The van der Waals surface area contributed by atoms with Crippen LogP contribution in [-0.2, 0) is 4.74 Å². The molecule has 100 valence electrons. The first-order valence-electron chi connectivity index (χ1n) is 6.40. The van der Waals surface area contributed by atoms with Crippen molar-refractivity contribution in [2.75, 3.05) is 31.7 Å². The lowest BCUT2D eigenvalue weighted by atomic mass is 10.1. The molecule has 1 aromatic rings. The van der Waals surface area contributed by atoms with E-state index in [1.807, 2.05) is 19.1 Å². The maximum Gasteiger partial charge on any atom is 0.146 e. The van der Waals surface area contributed by atoms with Crippen LogP contribution in [0.2, 0.25) is 0 Å². The molecule has 2 atom stereocenters. The van der Waals surface area contributed by atoms with Crippen molar-refractivity contribution in [1.29, 1.82) is 0 Å². The highest BCUT2D eigenvalue weighted by atomic mass is 19.1. The first-order valence-corrected chi connectivity index (χ1v) is 6.40. The summed E-state index contributed by atoms with van der Waals surface area (Å²) in [5, 5.41) is 0. The number of anilines is 1. The van der Waals surface area contributed by atoms with Crippen molar-refractivity contribution in [3.63, 3.8) is 0 Å². The quantitative estimate of drug-likeness (QED) is 0.893. The van der Waals surface area contributed by atoms with Gasteiger partial charge in [0.1, 0.15) is 5.82 Å². The third-order valence-electron chi connectivity index (χ3n) is 3.53. The van der Waals surface area contributed by atoms with Crippen LogP contribution in [0.3, 0.4) is 0 Å². The second-order valence-electron chi connectivity index (χ2n) is 5.06. The van der Waals surface area contributed by atoms with E-state index in [0.29, 0.717) is 11.6 Å². The van der Waals surface area contributed by atoms with Gasteiger partial charge in [0.2, 0.25) is 0 Å². The van der Waals surface area contributed by atoms with E-state index < -0.39 is 0 Å². The third kappa shape index (κ3) is 2.82. The van der Waals surface area contributed by atoms with Gasteiger partial charge in [0, 0.05) is 32.2 Å². The Morgan fingerprint density at radius 1 is 1.56 bits per heavy atom. The van der Waals surface area contributed by atoms with Crippen LogP contribution in [0.5, 0.6) is 0 Å². The summed E-state index contributed by atoms with van der Waals surface area (Å²) in [4.78, 5) is 2.09. The largest absolute Gasteiger partial charge is 0.384 e. The van der Waals surface area contributed by atoms with Crippen LogP contribution in [0, 0.1) is 11.7 Å². The molecule has 0 amide bonds. The summed E-state index contributed by atoms with van der Waals surface area (Å²) >= 11 is 0. The Balaban J connectivity index is 2.10. The second-order valence-corrected chi connectivity index (χ2v) is 5.06. The fraction of sp³-hybridized carbons (Fsp3) is 0.571. The van der Waals surface area contributed by atoms with Gasteiger partial charge in [-0.1, -0.05) is 6.07 Å². The maximum atomic E-state index is 14.0. The summed E-state index contributed by atoms with van der Waals surface area (Å²) in [6.07, 6.45) is 1.06. The van der Waals surface area contributed by atoms with Gasteiger partial charge in [-0.25, -0.2) is 4.39 Å². The predicted octanol–water partition coefficient (Wildman–Crippen LogP) is 2.32. The zero-order valence-electron chi connectivity index (χ0n) is 11.0. The molecular formula is C14H21FN2O.